The molecule has 0 unspecified atom stereocenters. The molecule has 1 aromatic heterocycles. The number of carbonyl (C=O) groups is 1. The number of carbonyl (C=O) groups excluding carboxylic acids is 1. The number of likely N-dealkylation sites (tertiary alicyclic amines) is 1. The fraction of sp³-hybridized carbons (Fsp3) is 0.389. The van der Waals surface area contributed by atoms with E-state index in [-0.39, 0.29) is 12.1 Å². The van der Waals surface area contributed by atoms with Crippen molar-refractivity contribution in [2.75, 3.05) is 32.6 Å². The van der Waals surface area contributed by atoms with Gasteiger partial charge in [0.15, 0.2) is 11.5 Å². The maximum atomic E-state index is 12.5. The number of hydrogen-bond acceptors (Lipinski definition) is 6. The van der Waals surface area contributed by atoms with Crippen molar-refractivity contribution in [3.63, 3.8) is 0 Å². The van der Waals surface area contributed by atoms with Crippen LogP contribution in [0, 0.1) is 0 Å². The normalized spacial score (nSPS) is 14.6. The lowest BCUT2D eigenvalue weighted by Crippen LogP contribution is -2.43. The standard InChI is InChI=1S/C18H22N4O4/c1-24-15-6-5-13(12-16(15)25-2)20-18(23)22-10-7-14(8-11-22)26-17-4-3-9-19-21-17/h3-6,9,12,14H,7-8,10-11H2,1-2H3,(H,20,23). The van der Waals surface area contributed by atoms with Crippen molar-refractivity contribution in [3.8, 4) is 17.4 Å². The molecule has 1 fully saturated rings. The molecule has 0 bridgehead atoms. The predicted octanol–water partition coefficient (Wildman–Crippen LogP) is 2.57. The Morgan fingerprint density at radius 3 is 2.58 bits per heavy atom. The lowest BCUT2D eigenvalue weighted by atomic mass is 10.1. The van der Waals surface area contributed by atoms with E-state index in [0.717, 1.165) is 12.8 Å². The Balaban J connectivity index is 1.52. The monoisotopic (exact) mass is 358 g/mol. The van der Waals surface area contributed by atoms with Crippen molar-refractivity contribution >= 4 is 11.7 Å². The molecule has 26 heavy (non-hydrogen) atoms. The van der Waals surface area contributed by atoms with E-state index in [4.69, 9.17) is 14.2 Å². The first-order chi connectivity index (χ1) is 12.7. The number of rotatable bonds is 5. The van der Waals surface area contributed by atoms with Gasteiger partial charge in [-0.2, -0.15) is 5.10 Å². The number of benzene rings is 1. The summed E-state index contributed by atoms with van der Waals surface area (Å²) in [6.45, 7) is 1.23. The van der Waals surface area contributed by atoms with Gasteiger partial charge in [0.2, 0.25) is 5.88 Å². The summed E-state index contributed by atoms with van der Waals surface area (Å²) >= 11 is 0. The SMILES string of the molecule is COc1ccc(NC(=O)N2CCC(Oc3cccnn3)CC2)cc1OC. The first kappa shape index (κ1) is 17.8. The maximum Gasteiger partial charge on any atom is 0.321 e. The van der Waals surface area contributed by atoms with Gasteiger partial charge in [0.25, 0.3) is 0 Å². The van der Waals surface area contributed by atoms with Gasteiger partial charge in [-0.15, -0.1) is 5.10 Å². The van der Waals surface area contributed by atoms with Crippen molar-refractivity contribution in [2.45, 2.75) is 18.9 Å². The van der Waals surface area contributed by atoms with Gasteiger partial charge < -0.3 is 24.4 Å². The molecule has 3 rings (SSSR count). The summed E-state index contributed by atoms with van der Waals surface area (Å²) in [5.41, 5.74) is 0.658. The van der Waals surface area contributed by atoms with Crippen molar-refractivity contribution in [1.29, 1.82) is 0 Å². The zero-order chi connectivity index (χ0) is 18.4. The van der Waals surface area contributed by atoms with Gasteiger partial charge in [-0.25, -0.2) is 4.79 Å². The number of urea groups is 1. The molecule has 1 N–H and O–H groups in total. The summed E-state index contributed by atoms with van der Waals surface area (Å²) in [6, 6.07) is 8.70. The lowest BCUT2D eigenvalue weighted by molar-refractivity contribution is 0.110. The summed E-state index contributed by atoms with van der Waals surface area (Å²) in [5.74, 6) is 1.70. The van der Waals surface area contributed by atoms with E-state index in [1.165, 1.54) is 0 Å². The van der Waals surface area contributed by atoms with Crippen LogP contribution in [0.15, 0.2) is 36.5 Å². The van der Waals surface area contributed by atoms with Crippen LogP contribution in [0.5, 0.6) is 17.4 Å². The Labute approximate surface area is 152 Å². The molecule has 1 aromatic carbocycles. The van der Waals surface area contributed by atoms with E-state index in [2.05, 4.69) is 15.5 Å². The van der Waals surface area contributed by atoms with Crippen LogP contribution < -0.4 is 19.5 Å². The van der Waals surface area contributed by atoms with Crippen molar-refractivity contribution in [3.05, 3.63) is 36.5 Å². The molecular weight excluding hydrogens is 336 g/mol. The van der Waals surface area contributed by atoms with Crippen LogP contribution in [-0.4, -0.2) is 54.5 Å². The first-order valence-corrected chi connectivity index (χ1v) is 8.42. The minimum Gasteiger partial charge on any atom is -0.493 e. The molecule has 0 spiro atoms. The minimum atomic E-state index is -0.143. The van der Waals surface area contributed by atoms with Crippen LogP contribution >= 0.6 is 0 Å². The minimum absolute atomic E-state index is 0.0387. The Kier molecular flexibility index (Phi) is 5.73. The Bertz CT molecular complexity index is 733. The summed E-state index contributed by atoms with van der Waals surface area (Å²) in [7, 11) is 3.13. The lowest BCUT2D eigenvalue weighted by Gasteiger charge is -2.31. The Morgan fingerprint density at radius 2 is 1.92 bits per heavy atom. The number of methoxy groups -OCH3 is 2. The average molecular weight is 358 g/mol. The predicted molar refractivity (Wildman–Crippen MR) is 95.8 cm³/mol. The van der Waals surface area contributed by atoms with E-state index in [9.17, 15) is 4.79 Å². The fourth-order valence-corrected chi connectivity index (χ4v) is 2.81. The second-order valence-corrected chi connectivity index (χ2v) is 5.87. The first-order valence-electron chi connectivity index (χ1n) is 8.42. The molecule has 1 aliphatic rings. The van der Waals surface area contributed by atoms with Crippen LogP contribution in [0.4, 0.5) is 10.5 Å². The molecule has 2 aromatic rings. The number of hydrogen-bond donors (Lipinski definition) is 1. The number of anilines is 1. The second kappa shape index (κ2) is 8.37. The van der Waals surface area contributed by atoms with Crippen LogP contribution in [0.25, 0.3) is 0 Å². The molecule has 0 saturated carbocycles. The van der Waals surface area contributed by atoms with Gasteiger partial charge in [-0.3, -0.25) is 0 Å². The van der Waals surface area contributed by atoms with E-state index in [1.807, 2.05) is 0 Å². The highest BCUT2D eigenvalue weighted by Gasteiger charge is 2.24. The van der Waals surface area contributed by atoms with Gasteiger partial charge in [0.05, 0.1) is 14.2 Å². The third kappa shape index (κ3) is 4.33. The van der Waals surface area contributed by atoms with Gasteiger partial charge in [0.1, 0.15) is 6.10 Å². The molecule has 8 nitrogen and oxygen atoms in total. The number of piperidine rings is 1. The van der Waals surface area contributed by atoms with E-state index in [1.54, 1.807) is 55.6 Å². The number of amides is 2. The molecule has 1 saturated heterocycles. The van der Waals surface area contributed by atoms with Gasteiger partial charge in [-0.1, -0.05) is 0 Å². The van der Waals surface area contributed by atoms with E-state index < -0.39 is 0 Å². The number of nitrogens with one attached hydrogen (secondary N) is 1. The van der Waals surface area contributed by atoms with Crippen LogP contribution in [0.2, 0.25) is 0 Å². The quantitative estimate of drug-likeness (QED) is 0.884. The molecule has 0 atom stereocenters. The zero-order valence-electron chi connectivity index (χ0n) is 14.8. The summed E-state index contributed by atoms with van der Waals surface area (Å²) < 4.78 is 16.3. The fourth-order valence-electron chi connectivity index (χ4n) is 2.81. The van der Waals surface area contributed by atoms with Gasteiger partial charge in [0, 0.05) is 49.9 Å². The highest BCUT2D eigenvalue weighted by Crippen LogP contribution is 2.30. The second-order valence-electron chi connectivity index (χ2n) is 5.87. The third-order valence-corrected chi connectivity index (χ3v) is 4.20. The van der Waals surface area contributed by atoms with Crippen LogP contribution in [0.1, 0.15) is 12.8 Å². The van der Waals surface area contributed by atoms with E-state index in [0.29, 0.717) is 36.2 Å². The zero-order valence-corrected chi connectivity index (χ0v) is 14.8. The average Bonchev–Trinajstić information content (AvgIpc) is 2.69. The summed E-state index contributed by atoms with van der Waals surface area (Å²) in [5, 5.41) is 10.6. The molecule has 1 aliphatic heterocycles. The van der Waals surface area contributed by atoms with Crippen molar-refractivity contribution in [1.82, 2.24) is 15.1 Å². The molecule has 138 valence electrons. The van der Waals surface area contributed by atoms with Crippen LogP contribution in [0.3, 0.4) is 0 Å². The summed E-state index contributed by atoms with van der Waals surface area (Å²) in [4.78, 5) is 14.2. The Morgan fingerprint density at radius 1 is 1.15 bits per heavy atom. The topological polar surface area (TPSA) is 85.8 Å². The molecule has 0 aliphatic carbocycles. The van der Waals surface area contributed by atoms with Gasteiger partial charge >= 0.3 is 6.03 Å². The van der Waals surface area contributed by atoms with Crippen molar-refractivity contribution < 1.29 is 19.0 Å². The molecule has 8 heteroatoms. The Hall–Kier alpha value is -3.03. The maximum absolute atomic E-state index is 12.5. The number of aromatic nitrogens is 2. The third-order valence-electron chi connectivity index (χ3n) is 4.20. The molecule has 0 radical (unpaired) electrons. The smallest absolute Gasteiger partial charge is 0.321 e. The van der Waals surface area contributed by atoms with E-state index >= 15 is 0 Å². The number of ether oxygens (including phenoxy) is 3. The molecule has 2 heterocycles. The highest BCUT2D eigenvalue weighted by atomic mass is 16.5. The largest absolute Gasteiger partial charge is 0.493 e. The van der Waals surface area contributed by atoms with Crippen molar-refractivity contribution in [2.24, 2.45) is 0 Å². The summed E-state index contributed by atoms with van der Waals surface area (Å²) in [6.07, 6.45) is 3.14. The molecular formula is C18H22N4O4. The highest BCUT2D eigenvalue weighted by molar-refractivity contribution is 5.89. The van der Waals surface area contributed by atoms with Gasteiger partial charge in [-0.05, 0) is 18.2 Å². The molecule has 2 amide bonds. The number of nitrogens with zero attached hydrogens (tertiary/aromatic N) is 3. The van der Waals surface area contributed by atoms with Crippen LogP contribution in [-0.2, 0) is 0 Å².